The highest BCUT2D eigenvalue weighted by Gasteiger charge is 2.12. The smallest absolute Gasteiger partial charge is 0.255 e. The van der Waals surface area contributed by atoms with Crippen LogP contribution in [-0.4, -0.2) is 25.5 Å². The molecule has 4 aromatic heterocycles. The normalized spacial score (nSPS) is 11.2. The van der Waals surface area contributed by atoms with Gasteiger partial charge >= 0.3 is 0 Å². The molecule has 28 heavy (non-hydrogen) atoms. The van der Waals surface area contributed by atoms with Gasteiger partial charge in [-0.2, -0.15) is 5.10 Å². The van der Waals surface area contributed by atoms with E-state index in [-0.39, 0.29) is 11.7 Å². The van der Waals surface area contributed by atoms with E-state index in [4.69, 9.17) is 0 Å². The Bertz CT molecular complexity index is 1320. The molecule has 5 rings (SSSR count). The summed E-state index contributed by atoms with van der Waals surface area (Å²) in [6.45, 7) is 0. The molecule has 7 heteroatoms. The Kier molecular flexibility index (Phi) is 3.65. The molecule has 6 nitrogen and oxygen atoms in total. The van der Waals surface area contributed by atoms with Crippen LogP contribution in [0.2, 0.25) is 0 Å². The summed E-state index contributed by atoms with van der Waals surface area (Å²) in [6, 6.07) is 13.1. The van der Waals surface area contributed by atoms with Crippen LogP contribution in [0.3, 0.4) is 0 Å². The molecular formula is C21H14FN5O. The summed E-state index contributed by atoms with van der Waals surface area (Å²) < 4.78 is 14.8. The van der Waals surface area contributed by atoms with Crippen molar-refractivity contribution in [3.63, 3.8) is 0 Å². The minimum Gasteiger partial charge on any atom is -0.346 e. The second-order valence-corrected chi connectivity index (χ2v) is 6.40. The van der Waals surface area contributed by atoms with Gasteiger partial charge in [-0.05, 0) is 48.5 Å². The largest absolute Gasteiger partial charge is 0.346 e. The molecule has 0 aliphatic heterocycles. The fourth-order valence-electron chi connectivity index (χ4n) is 3.17. The van der Waals surface area contributed by atoms with Crippen molar-refractivity contribution < 1.29 is 9.18 Å². The van der Waals surface area contributed by atoms with Crippen LogP contribution in [0.4, 0.5) is 10.1 Å². The van der Waals surface area contributed by atoms with Gasteiger partial charge in [0.05, 0.1) is 11.7 Å². The number of halogens is 1. The molecule has 0 atom stereocenters. The third kappa shape index (κ3) is 2.79. The summed E-state index contributed by atoms with van der Waals surface area (Å²) in [5.74, 6) is -0.628. The van der Waals surface area contributed by atoms with Crippen LogP contribution in [0.15, 0.2) is 73.3 Å². The highest BCUT2D eigenvalue weighted by Crippen LogP contribution is 2.27. The van der Waals surface area contributed by atoms with Crippen LogP contribution in [0, 0.1) is 5.82 Å². The monoisotopic (exact) mass is 371 g/mol. The maximum atomic E-state index is 13.0. The van der Waals surface area contributed by atoms with Gasteiger partial charge < -0.3 is 10.3 Å². The molecule has 1 aromatic carbocycles. The van der Waals surface area contributed by atoms with Crippen LogP contribution >= 0.6 is 0 Å². The molecule has 0 saturated heterocycles. The zero-order valence-corrected chi connectivity index (χ0v) is 14.6. The molecule has 1 amide bonds. The number of fused-ring (bicyclic) bond motifs is 2. The lowest BCUT2D eigenvalue weighted by atomic mass is 10.1. The van der Waals surface area contributed by atoms with Crippen molar-refractivity contribution in [3.8, 4) is 11.1 Å². The Morgan fingerprint density at radius 1 is 1.07 bits per heavy atom. The topological polar surface area (TPSA) is 75.1 Å². The molecular weight excluding hydrogens is 357 g/mol. The average molecular weight is 371 g/mol. The number of aromatic nitrogens is 4. The van der Waals surface area contributed by atoms with Gasteiger partial charge in [0.2, 0.25) is 0 Å². The van der Waals surface area contributed by atoms with Crippen molar-refractivity contribution in [2.24, 2.45) is 0 Å². The number of hydrogen-bond acceptors (Lipinski definition) is 3. The van der Waals surface area contributed by atoms with E-state index >= 15 is 0 Å². The number of carbonyl (C=O) groups excluding carboxylic acids is 1. The Morgan fingerprint density at radius 3 is 2.79 bits per heavy atom. The lowest BCUT2D eigenvalue weighted by Gasteiger charge is -2.06. The van der Waals surface area contributed by atoms with Crippen LogP contribution in [-0.2, 0) is 0 Å². The lowest BCUT2D eigenvalue weighted by molar-refractivity contribution is 0.102. The number of amides is 1. The first-order valence-corrected chi connectivity index (χ1v) is 8.65. The first-order valence-electron chi connectivity index (χ1n) is 8.65. The third-order valence-corrected chi connectivity index (χ3v) is 4.60. The summed E-state index contributed by atoms with van der Waals surface area (Å²) in [7, 11) is 0. The standard InChI is InChI=1S/C21H14FN5O/c22-16-1-3-17(4-2-16)26-21(28)14-6-8-27-19(10-14)18(12-25-27)15-9-13-5-7-23-20(13)24-11-15/h1-12H,(H,23,24)(H,26,28). The predicted octanol–water partition coefficient (Wildman–Crippen LogP) is 4.27. The number of pyridine rings is 2. The molecule has 4 heterocycles. The minimum absolute atomic E-state index is 0.277. The van der Waals surface area contributed by atoms with E-state index in [1.165, 1.54) is 24.3 Å². The van der Waals surface area contributed by atoms with Crippen molar-refractivity contribution in [2.45, 2.75) is 0 Å². The summed E-state index contributed by atoms with van der Waals surface area (Å²) in [6.07, 6.45) is 7.11. The number of H-pyrrole nitrogens is 1. The van der Waals surface area contributed by atoms with E-state index in [0.717, 1.165) is 27.7 Å². The number of aromatic amines is 1. The van der Waals surface area contributed by atoms with Gasteiger partial charge in [0.15, 0.2) is 0 Å². The number of benzene rings is 1. The predicted molar refractivity (Wildman–Crippen MR) is 105 cm³/mol. The fourth-order valence-corrected chi connectivity index (χ4v) is 3.17. The second kappa shape index (κ2) is 6.31. The Hall–Kier alpha value is -4.00. The van der Waals surface area contributed by atoms with Crippen LogP contribution in [0.5, 0.6) is 0 Å². The van der Waals surface area contributed by atoms with Gasteiger partial charge in [0, 0.05) is 46.4 Å². The highest BCUT2D eigenvalue weighted by molar-refractivity contribution is 6.05. The number of hydrogen-bond donors (Lipinski definition) is 2. The fraction of sp³-hybridized carbons (Fsp3) is 0. The average Bonchev–Trinajstić information content (AvgIpc) is 3.35. The lowest BCUT2D eigenvalue weighted by Crippen LogP contribution is -2.12. The summed E-state index contributed by atoms with van der Waals surface area (Å²) in [5.41, 5.74) is 4.42. The molecule has 0 radical (unpaired) electrons. The third-order valence-electron chi connectivity index (χ3n) is 4.60. The van der Waals surface area contributed by atoms with E-state index in [0.29, 0.717) is 11.3 Å². The first kappa shape index (κ1) is 16.2. The van der Waals surface area contributed by atoms with Crippen LogP contribution in [0.1, 0.15) is 10.4 Å². The molecule has 0 bridgehead atoms. The zero-order valence-electron chi connectivity index (χ0n) is 14.6. The number of rotatable bonds is 3. The molecule has 0 unspecified atom stereocenters. The van der Waals surface area contributed by atoms with Crippen molar-refractivity contribution in [2.75, 3.05) is 5.32 Å². The Balaban J connectivity index is 1.52. The number of carbonyl (C=O) groups is 1. The molecule has 0 fully saturated rings. The van der Waals surface area contributed by atoms with E-state index in [1.54, 1.807) is 35.2 Å². The SMILES string of the molecule is O=C(Nc1ccc(F)cc1)c1ccn2ncc(-c3cnc4[nH]ccc4c3)c2c1. The van der Waals surface area contributed by atoms with E-state index in [1.807, 2.05) is 18.3 Å². The second-order valence-electron chi connectivity index (χ2n) is 6.40. The van der Waals surface area contributed by atoms with Crippen molar-refractivity contribution in [1.29, 1.82) is 0 Å². The van der Waals surface area contributed by atoms with Gasteiger partial charge in [-0.3, -0.25) is 4.79 Å². The van der Waals surface area contributed by atoms with Gasteiger partial charge in [0.25, 0.3) is 5.91 Å². The molecule has 2 N–H and O–H groups in total. The molecule has 136 valence electrons. The van der Waals surface area contributed by atoms with E-state index in [9.17, 15) is 9.18 Å². The quantitative estimate of drug-likeness (QED) is 0.497. The van der Waals surface area contributed by atoms with Crippen LogP contribution in [0.25, 0.3) is 27.7 Å². The summed E-state index contributed by atoms with van der Waals surface area (Å²) >= 11 is 0. The zero-order chi connectivity index (χ0) is 19.1. The van der Waals surface area contributed by atoms with Gasteiger partial charge in [-0.1, -0.05) is 0 Å². The molecule has 0 aliphatic carbocycles. The maximum Gasteiger partial charge on any atom is 0.255 e. The Labute approximate surface area is 158 Å². The van der Waals surface area contributed by atoms with Crippen molar-refractivity contribution >= 4 is 28.1 Å². The van der Waals surface area contributed by atoms with Gasteiger partial charge in [0.1, 0.15) is 11.5 Å². The van der Waals surface area contributed by atoms with E-state index in [2.05, 4.69) is 20.4 Å². The number of anilines is 1. The van der Waals surface area contributed by atoms with Crippen molar-refractivity contribution in [3.05, 3.63) is 84.7 Å². The molecule has 0 saturated carbocycles. The number of nitrogens with zero attached hydrogens (tertiary/aromatic N) is 3. The highest BCUT2D eigenvalue weighted by atomic mass is 19.1. The first-order chi connectivity index (χ1) is 13.7. The van der Waals surface area contributed by atoms with Crippen molar-refractivity contribution in [1.82, 2.24) is 19.6 Å². The van der Waals surface area contributed by atoms with E-state index < -0.39 is 0 Å². The van der Waals surface area contributed by atoms with Gasteiger partial charge in [-0.15, -0.1) is 0 Å². The molecule has 0 spiro atoms. The summed E-state index contributed by atoms with van der Waals surface area (Å²) in [4.78, 5) is 20.1. The summed E-state index contributed by atoms with van der Waals surface area (Å²) in [5, 5.41) is 8.14. The van der Waals surface area contributed by atoms with Crippen LogP contribution < -0.4 is 5.32 Å². The Morgan fingerprint density at radius 2 is 1.93 bits per heavy atom. The van der Waals surface area contributed by atoms with Gasteiger partial charge in [-0.25, -0.2) is 13.9 Å². The maximum absolute atomic E-state index is 13.0. The molecule has 5 aromatic rings. The number of nitrogens with one attached hydrogen (secondary N) is 2. The molecule has 0 aliphatic rings. The minimum atomic E-state index is -0.351.